The van der Waals surface area contributed by atoms with Crippen LogP contribution in [0, 0.1) is 0 Å². The van der Waals surface area contributed by atoms with Crippen molar-refractivity contribution >= 4 is 27.1 Å². The van der Waals surface area contributed by atoms with Gasteiger partial charge in [-0.05, 0) is 36.4 Å². The zero-order valence-electron chi connectivity index (χ0n) is 16.7. The summed E-state index contributed by atoms with van der Waals surface area (Å²) in [4.78, 5) is 24.9. The van der Waals surface area contributed by atoms with Crippen LogP contribution in [0.25, 0.3) is 10.1 Å². The van der Waals surface area contributed by atoms with Gasteiger partial charge in [0.15, 0.2) is 0 Å². The Morgan fingerprint density at radius 2 is 1.93 bits per heavy atom. The van der Waals surface area contributed by atoms with E-state index >= 15 is 0 Å². The first-order valence-corrected chi connectivity index (χ1v) is 11.1. The number of hydrogen-bond donors (Lipinski definition) is 1. The fourth-order valence-corrected chi connectivity index (χ4v) is 4.91. The molecule has 0 radical (unpaired) electrons. The van der Waals surface area contributed by atoms with Crippen molar-refractivity contribution in [2.45, 2.75) is 33.1 Å². The predicted octanol–water partition coefficient (Wildman–Crippen LogP) is 3.47. The molecule has 1 aromatic carbocycles. The van der Waals surface area contributed by atoms with Crippen molar-refractivity contribution in [2.75, 3.05) is 37.6 Å². The van der Waals surface area contributed by atoms with Gasteiger partial charge in [0.25, 0.3) is 5.56 Å². The number of rotatable bonds is 6. The quantitative estimate of drug-likeness (QED) is 0.693. The van der Waals surface area contributed by atoms with Gasteiger partial charge in [-0.1, -0.05) is 19.9 Å². The SMILES string of the molecule is CCc1nc(CCN2CCN(c3cccc4sccc34)CC2)[nH]c(=O)c1CC. The third-order valence-corrected chi connectivity index (χ3v) is 6.57. The number of anilines is 1. The van der Waals surface area contributed by atoms with E-state index in [0.29, 0.717) is 0 Å². The molecule has 5 nitrogen and oxygen atoms in total. The van der Waals surface area contributed by atoms with Gasteiger partial charge in [-0.3, -0.25) is 9.69 Å². The van der Waals surface area contributed by atoms with Gasteiger partial charge in [-0.25, -0.2) is 4.98 Å². The molecule has 0 spiro atoms. The zero-order chi connectivity index (χ0) is 19.5. The summed E-state index contributed by atoms with van der Waals surface area (Å²) < 4.78 is 1.36. The Hall–Kier alpha value is -2.18. The Balaban J connectivity index is 1.37. The summed E-state index contributed by atoms with van der Waals surface area (Å²) in [5, 5.41) is 3.54. The maximum Gasteiger partial charge on any atom is 0.254 e. The van der Waals surface area contributed by atoms with Gasteiger partial charge in [0.2, 0.25) is 0 Å². The number of benzene rings is 1. The fourth-order valence-electron chi connectivity index (χ4n) is 4.10. The van der Waals surface area contributed by atoms with Crippen LogP contribution in [0.5, 0.6) is 0 Å². The molecular formula is C22H28N4OS. The Bertz CT molecular complexity index is 1000. The molecular weight excluding hydrogens is 368 g/mol. The van der Waals surface area contributed by atoms with Crippen molar-refractivity contribution in [1.82, 2.24) is 14.9 Å². The van der Waals surface area contributed by atoms with E-state index in [0.717, 1.165) is 69.1 Å². The molecule has 3 aromatic rings. The number of aryl methyl sites for hydroxylation is 1. The molecule has 0 saturated carbocycles. The summed E-state index contributed by atoms with van der Waals surface area (Å²) in [6.45, 7) is 9.17. The molecule has 3 heterocycles. The molecule has 4 rings (SSSR count). The fraction of sp³-hybridized carbons (Fsp3) is 0.455. The number of aromatic amines is 1. The van der Waals surface area contributed by atoms with E-state index in [4.69, 9.17) is 4.98 Å². The Morgan fingerprint density at radius 1 is 1.11 bits per heavy atom. The highest BCUT2D eigenvalue weighted by Crippen LogP contribution is 2.31. The van der Waals surface area contributed by atoms with Crippen molar-refractivity contribution in [3.05, 3.63) is 57.1 Å². The topological polar surface area (TPSA) is 52.2 Å². The zero-order valence-corrected chi connectivity index (χ0v) is 17.5. The molecule has 28 heavy (non-hydrogen) atoms. The van der Waals surface area contributed by atoms with Crippen LogP contribution in [0.1, 0.15) is 30.9 Å². The maximum atomic E-state index is 12.3. The molecule has 1 aliphatic heterocycles. The Morgan fingerprint density at radius 3 is 2.68 bits per heavy atom. The van der Waals surface area contributed by atoms with Gasteiger partial charge in [0.05, 0.1) is 5.69 Å². The number of fused-ring (bicyclic) bond motifs is 1. The highest BCUT2D eigenvalue weighted by molar-refractivity contribution is 7.17. The first-order valence-electron chi connectivity index (χ1n) is 10.2. The van der Waals surface area contributed by atoms with Gasteiger partial charge in [-0.2, -0.15) is 0 Å². The minimum absolute atomic E-state index is 0.0398. The number of H-pyrrole nitrogens is 1. The standard InChI is InChI=1S/C22H28N4OS/c1-3-16-18(4-2)23-21(24-22(16)27)8-10-25-11-13-26(14-12-25)19-6-5-7-20-17(19)9-15-28-20/h5-7,9,15H,3-4,8,10-14H2,1-2H3,(H,23,24,27). The number of nitrogens with one attached hydrogen (secondary N) is 1. The van der Waals surface area contributed by atoms with E-state index in [1.165, 1.54) is 15.8 Å². The normalized spacial score (nSPS) is 15.4. The minimum atomic E-state index is 0.0398. The van der Waals surface area contributed by atoms with Crippen molar-refractivity contribution in [3.8, 4) is 0 Å². The summed E-state index contributed by atoms with van der Waals surface area (Å²) in [5.74, 6) is 0.824. The molecule has 0 atom stereocenters. The number of hydrogen-bond acceptors (Lipinski definition) is 5. The second-order valence-electron chi connectivity index (χ2n) is 7.33. The number of nitrogens with zero attached hydrogens (tertiary/aromatic N) is 3. The average molecular weight is 397 g/mol. The van der Waals surface area contributed by atoms with Crippen LogP contribution in [-0.4, -0.2) is 47.6 Å². The number of aromatic nitrogens is 2. The van der Waals surface area contributed by atoms with Crippen LogP contribution in [-0.2, 0) is 19.3 Å². The summed E-state index contributed by atoms with van der Waals surface area (Å²) in [6.07, 6.45) is 2.35. The van der Waals surface area contributed by atoms with E-state index in [9.17, 15) is 4.79 Å². The van der Waals surface area contributed by atoms with Gasteiger partial charge < -0.3 is 9.88 Å². The molecule has 6 heteroatoms. The molecule has 0 bridgehead atoms. The van der Waals surface area contributed by atoms with Crippen molar-refractivity contribution in [2.24, 2.45) is 0 Å². The van der Waals surface area contributed by atoms with Crippen LogP contribution < -0.4 is 10.5 Å². The molecule has 148 valence electrons. The van der Waals surface area contributed by atoms with E-state index in [1.54, 1.807) is 11.3 Å². The smallest absolute Gasteiger partial charge is 0.254 e. The summed E-state index contributed by atoms with van der Waals surface area (Å²) in [5.41, 5.74) is 3.18. The van der Waals surface area contributed by atoms with Crippen LogP contribution in [0.2, 0.25) is 0 Å². The van der Waals surface area contributed by atoms with E-state index in [-0.39, 0.29) is 5.56 Å². The van der Waals surface area contributed by atoms with E-state index < -0.39 is 0 Å². The summed E-state index contributed by atoms with van der Waals surface area (Å²) in [7, 11) is 0. The van der Waals surface area contributed by atoms with Gasteiger partial charge in [0, 0.05) is 60.5 Å². The first-order chi connectivity index (χ1) is 13.7. The lowest BCUT2D eigenvalue weighted by atomic mass is 10.1. The maximum absolute atomic E-state index is 12.3. The summed E-state index contributed by atoms with van der Waals surface area (Å²) >= 11 is 1.81. The van der Waals surface area contributed by atoms with Crippen molar-refractivity contribution < 1.29 is 0 Å². The monoisotopic (exact) mass is 396 g/mol. The number of piperazine rings is 1. The molecule has 1 aliphatic rings. The van der Waals surface area contributed by atoms with Crippen LogP contribution >= 0.6 is 11.3 Å². The molecule has 0 aliphatic carbocycles. The second-order valence-corrected chi connectivity index (χ2v) is 8.28. The lowest BCUT2D eigenvalue weighted by Gasteiger charge is -2.36. The first kappa shape index (κ1) is 19.2. The second kappa shape index (κ2) is 8.45. The van der Waals surface area contributed by atoms with Gasteiger partial charge in [0.1, 0.15) is 5.82 Å². The molecule has 0 unspecified atom stereocenters. The third-order valence-electron chi connectivity index (χ3n) is 5.69. The van der Waals surface area contributed by atoms with Crippen molar-refractivity contribution in [1.29, 1.82) is 0 Å². The molecule has 2 aromatic heterocycles. The van der Waals surface area contributed by atoms with Crippen LogP contribution in [0.4, 0.5) is 5.69 Å². The molecule has 0 amide bonds. The lowest BCUT2D eigenvalue weighted by Crippen LogP contribution is -2.47. The van der Waals surface area contributed by atoms with Gasteiger partial charge >= 0.3 is 0 Å². The van der Waals surface area contributed by atoms with Crippen LogP contribution in [0.3, 0.4) is 0 Å². The lowest BCUT2D eigenvalue weighted by molar-refractivity contribution is 0.259. The third kappa shape index (κ3) is 3.84. The highest BCUT2D eigenvalue weighted by atomic mass is 32.1. The van der Waals surface area contributed by atoms with E-state index in [2.05, 4.69) is 51.4 Å². The van der Waals surface area contributed by atoms with E-state index in [1.807, 2.05) is 6.92 Å². The van der Waals surface area contributed by atoms with Crippen molar-refractivity contribution in [3.63, 3.8) is 0 Å². The molecule has 1 N–H and O–H groups in total. The predicted molar refractivity (Wildman–Crippen MR) is 118 cm³/mol. The summed E-state index contributed by atoms with van der Waals surface area (Å²) in [6, 6.07) is 8.83. The number of thiophene rings is 1. The minimum Gasteiger partial charge on any atom is -0.368 e. The Kier molecular flexibility index (Phi) is 5.78. The Labute approximate surface area is 170 Å². The largest absolute Gasteiger partial charge is 0.368 e. The molecule has 1 saturated heterocycles. The average Bonchev–Trinajstić information content (AvgIpc) is 3.21. The van der Waals surface area contributed by atoms with Crippen LogP contribution in [0.15, 0.2) is 34.4 Å². The molecule has 1 fully saturated rings. The highest BCUT2D eigenvalue weighted by Gasteiger charge is 2.19. The van der Waals surface area contributed by atoms with Gasteiger partial charge in [-0.15, -0.1) is 11.3 Å².